The average Bonchev–Trinajstić information content (AvgIpc) is 3.11. The molecule has 1 aliphatic rings. The van der Waals surface area contributed by atoms with Crippen LogP contribution in [0.4, 0.5) is 10.2 Å². The van der Waals surface area contributed by atoms with E-state index in [1.165, 1.54) is 6.33 Å². The summed E-state index contributed by atoms with van der Waals surface area (Å²) >= 11 is 0. The quantitative estimate of drug-likeness (QED) is 0.802. The van der Waals surface area contributed by atoms with Gasteiger partial charge in [0.15, 0.2) is 0 Å². The smallest absolute Gasteiger partial charge is 0.260 e. The highest BCUT2D eigenvalue weighted by atomic mass is 19.1. The first-order valence-electron chi connectivity index (χ1n) is 6.51. The predicted octanol–water partition coefficient (Wildman–Crippen LogP) is 0.516. The van der Waals surface area contributed by atoms with Gasteiger partial charge < -0.3 is 15.2 Å². The molecule has 0 aliphatic carbocycles. The van der Waals surface area contributed by atoms with Crippen molar-refractivity contribution in [3.63, 3.8) is 0 Å². The van der Waals surface area contributed by atoms with Crippen LogP contribution in [0, 0.1) is 11.3 Å². The molecule has 1 aliphatic heterocycles. The first-order chi connectivity index (χ1) is 10.1. The van der Waals surface area contributed by atoms with Crippen LogP contribution in [0.15, 0.2) is 18.6 Å². The van der Waals surface area contributed by atoms with Crippen LogP contribution < -0.4 is 10.2 Å². The third kappa shape index (κ3) is 2.27. The molecule has 1 saturated heterocycles. The third-order valence-electron chi connectivity index (χ3n) is 3.59. The van der Waals surface area contributed by atoms with Gasteiger partial charge in [-0.1, -0.05) is 0 Å². The van der Waals surface area contributed by atoms with Gasteiger partial charge in [-0.3, -0.25) is 4.79 Å². The van der Waals surface area contributed by atoms with E-state index >= 15 is 0 Å². The van der Waals surface area contributed by atoms with Crippen molar-refractivity contribution < 1.29 is 9.18 Å². The van der Waals surface area contributed by atoms with E-state index in [4.69, 9.17) is 5.26 Å². The molecule has 1 fully saturated rings. The van der Waals surface area contributed by atoms with Gasteiger partial charge in [0.05, 0.1) is 18.0 Å². The van der Waals surface area contributed by atoms with Crippen molar-refractivity contribution in [2.75, 3.05) is 24.5 Å². The predicted molar refractivity (Wildman–Crippen MR) is 73.2 cm³/mol. The van der Waals surface area contributed by atoms with E-state index in [0.717, 1.165) is 5.39 Å². The van der Waals surface area contributed by atoms with Crippen LogP contribution in [0.1, 0.15) is 6.42 Å². The third-order valence-corrected chi connectivity index (χ3v) is 3.59. The number of rotatable bonds is 3. The van der Waals surface area contributed by atoms with E-state index in [1.54, 1.807) is 17.2 Å². The molecule has 2 aromatic rings. The van der Waals surface area contributed by atoms with Crippen LogP contribution in [-0.4, -0.2) is 46.2 Å². The molecule has 21 heavy (non-hydrogen) atoms. The molecule has 7 nitrogen and oxygen atoms in total. The number of fused-ring (bicyclic) bond motifs is 1. The zero-order valence-corrected chi connectivity index (χ0v) is 11.1. The number of hydrogen-bond donors (Lipinski definition) is 2. The molecule has 0 radical (unpaired) electrons. The van der Waals surface area contributed by atoms with E-state index in [1.807, 2.05) is 6.07 Å². The summed E-state index contributed by atoms with van der Waals surface area (Å²) < 4.78 is 14.7. The molecule has 0 saturated carbocycles. The summed E-state index contributed by atoms with van der Waals surface area (Å²) in [5.74, 6) is -0.139. The highest BCUT2D eigenvalue weighted by Crippen LogP contribution is 2.32. The Morgan fingerprint density at radius 3 is 3.29 bits per heavy atom. The molecule has 1 atom stereocenters. The van der Waals surface area contributed by atoms with E-state index in [9.17, 15) is 9.18 Å². The van der Waals surface area contributed by atoms with Crippen molar-refractivity contribution in [3.05, 3.63) is 18.6 Å². The number of carbonyl (C=O) groups is 1. The lowest BCUT2D eigenvalue weighted by molar-refractivity contribution is -0.131. The summed E-state index contributed by atoms with van der Waals surface area (Å²) in [6.45, 7) is 0.107. The Hall–Kier alpha value is -2.69. The number of nitriles is 1. The maximum Gasteiger partial charge on any atom is 0.260 e. The van der Waals surface area contributed by atoms with Crippen molar-refractivity contribution in [2.24, 2.45) is 0 Å². The lowest BCUT2D eigenvalue weighted by atomic mass is 10.1. The number of H-pyrrole nitrogens is 1. The summed E-state index contributed by atoms with van der Waals surface area (Å²) in [5, 5.41) is 11.5. The molecule has 2 N–H and O–H groups in total. The second-order valence-electron chi connectivity index (χ2n) is 4.91. The molecule has 8 heteroatoms. The Labute approximate surface area is 119 Å². The number of aromatic amines is 1. The molecule has 3 rings (SSSR count). The molecule has 108 valence electrons. The zero-order valence-electron chi connectivity index (χ0n) is 11.1. The van der Waals surface area contributed by atoms with Gasteiger partial charge in [-0.25, -0.2) is 14.4 Å². The van der Waals surface area contributed by atoms with Crippen molar-refractivity contribution in [1.82, 2.24) is 20.3 Å². The maximum absolute atomic E-state index is 14.7. The minimum Gasteiger partial charge on any atom is -0.352 e. The Bertz CT molecular complexity index is 723. The number of halogens is 1. The molecule has 1 unspecified atom stereocenters. The summed E-state index contributed by atoms with van der Waals surface area (Å²) in [6.07, 6.45) is 3.21. The van der Waals surface area contributed by atoms with Crippen LogP contribution in [0.3, 0.4) is 0 Å². The number of aromatic nitrogens is 3. The van der Waals surface area contributed by atoms with Gasteiger partial charge in [-0.15, -0.1) is 0 Å². The van der Waals surface area contributed by atoms with Gasteiger partial charge in [0, 0.05) is 19.2 Å². The van der Waals surface area contributed by atoms with E-state index < -0.39 is 11.6 Å². The minimum absolute atomic E-state index is 0.0696. The number of hydrogen-bond acceptors (Lipinski definition) is 5. The second kappa shape index (κ2) is 5.01. The Kier molecular flexibility index (Phi) is 3.17. The van der Waals surface area contributed by atoms with Crippen molar-refractivity contribution >= 4 is 22.8 Å². The van der Waals surface area contributed by atoms with Gasteiger partial charge >= 0.3 is 0 Å². The standard InChI is InChI=1S/C13H13FN6O/c14-13(12(21)17-5-3-15)2-6-20(7-13)11-9-1-4-16-10(9)18-8-19-11/h1,4,8H,2,5-7H2,(H,17,21)(H,16,18,19). The summed E-state index contributed by atoms with van der Waals surface area (Å²) in [7, 11) is 0. The van der Waals surface area contributed by atoms with E-state index in [2.05, 4.69) is 20.3 Å². The van der Waals surface area contributed by atoms with Gasteiger partial charge in [-0.2, -0.15) is 5.26 Å². The SMILES string of the molecule is N#CCNC(=O)C1(F)CCN(c2ncnc3[nH]ccc23)C1. The number of nitrogens with one attached hydrogen (secondary N) is 2. The number of anilines is 1. The van der Waals surface area contributed by atoms with Crippen LogP contribution in [-0.2, 0) is 4.79 Å². The van der Waals surface area contributed by atoms with Crippen molar-refractivity contribution in [2.45, 2.75) is 12.1 Å². The molecular weight excluding hydrogens is 275 g/mol. The molecular formula is C13H13FN6O. The van der Waals surface area contributed by atoms with Crippen molar-refractivity contribution in [3.8, 4) is 6.07 Å². The molecule has 2 aromatic heterocycles. The molecule has 1 amide bonds. The monoisotopic (exact) mass is 288 g/mol. The topological polar surface area (TPSA) is 97.7 Å². The Balaban J connectivity index is 1.82. The summed E-state index contributed by atoms with van der Waals surface area (Å²) in [6, 6.07) is 3.58. The lowest BCUT2D eigenvalue weighted by Gasteiger charge is -2.20. The fourth-order valence-corrected chi connectivity index (χ4v) is 2.53. The largest absolute Gasteiger partial charge is 0.352 e. The van der Waals surface area contributed by atoms with Gasteiger partial charge in [-0.05, 0) is 6.07 Å². The zero-order chi connectivity index (χ0) is 14.9. The molecule has 0 bridgehead atoms. The Morgan fingerprint density at radius 1 is 1.62 bits per heavy atom. The van der Waals surface area contributed by atoms with Gasteiger partial charge in [0.2, 0.25) is 5.67 Å². The van der Waals surface area contributed by atoms with Crippen LogP contribution in [0.2, 0.25) is 0 Å². The van der Waals surface area contributed by atoms with Crippen molar-refractivity contribution in [1.29, 1.82) is 5.26 Å². The summed E-state index contributed by atoms with van der Waals surface area (Å²) in [5.41, 5.74) is -1.32. The van der Waals surface area contributed by atoms with Crippen LogP contribution in [0.25, 0.3) is 11.0 Å². The highest BCUT2D eigenvalue weighted by Gasteiger charge is 2.45. The van der Waals surface area contributed by atoms with Crippen LogP contribution >= 0.6 is 0 Å². The van der Waals surface area contributed by atoms with Gasteiger partial charge in [0.1, 0.15) is 24.3 Å². The number of nitrogens with zero attached hydrogens (tertiary/aromatic N) is 4. The van der Waals surface area contributed by atoms with Crippen LogP contribution in [0.5, 0.6) is 0 Å². The fourth-order valence-electron chi connectivity index (χ4n) is 2.53. The summed E-state index contributed by atoms with van der Waals surface area (Å²) in [4.78, 5) is 24.8. The molecule has 0 aromatic carbocycles. The average molecular weight is 288 g/mol. The number of alkyl halides is 1. The van der Waals surface area contributed by atoms with E-state index in [-0.39, 0.29) is 19.5 Å². The highest BCUT2D eigenvalue weighted by molar-refractivity contribution is 5.90. The fraction of sp³-hybridized carbons (Fsp3) is 0.385. The lowest BCUT2D eigenvalue weighted by Crippen LogP contribution is -2.45. The first-order valence-corrected chi connectivity index (χ1v) is 6.51. The van der Waals surface area contributed by atoms with E-state index in [0.29, 0.717) is 18.0 Å². The second-order valence-corrected chi connectivity index (χ2v) is 4.91. The Morgan fingerprint density at radius 2 is 2.48 bits per heavy atom. The van der Waals surface area contributed by atoms with Gasteiger partial charge in [0.25, 0.3) is 5.91 Å². The maximum atomic E-state index is 14.7. The minimum atomic E-state index is -2.00. The number of amides is 1. The first kappa shape index (κ1) is 13.3. The molecule has 0 spiro atoms. The molecule has 3 heterocycles. The number of carbonyl (C=O) groups excluding carboxylic acids is 1. The normalized spacial score (nSPS) is 21.4.